The maximum absolute atomic E-state index is 12.9. The second kappa shape index (κ2) is 11.6. The largest absolute Gasteiger partial charge is 0.458 e. The zero-order valence-corrected chi connectivity index (χ0v) is 20.4. The third kappa shape index (κ3) is 5.71. The van der Waals surface area contributed by atoms with E-state index in [-0.39, 0.29) is 18.3 Å². The Morgan fingerprint density at radius 3 is 2.65 bits per heavy atom. The summed E-state index contributed by atoms with van der Waals surface area (Å²) in [5, 5.41) is 17.1. The first-order valence-electron chi connectivity index (χ1n) is 10.5. The summed E-state index contributed by atoms with van der Waals surface area (Å²) in [5.41, 5.74) is 3.46. The van der Waals surface area contributed by atoms with Crippen molar-refractivity contribution in [2.24, 2.45) is 0 Å². The predicted octanol–water partition coefficient (Wildman–Crippen LogP) is 5.45. The third-order valence-corrected chi connectivity index (χ3v) is 6.65. The van der Waals surface area contributed by atoms with Crippen molar-refractivity contribution in [1.29, 1.82) is 5.26 Å². The van der Waals surface area contributed by atoms with Gasteiger partial charge in [0.15, 0.2) is 0 Å². The fourth-order valence-electron chi connectivity index (χ4n) is 3.56. The number of hydrogen-bond acceptors (Lipinski definition) is 6. The molecule has 0 bridgehead atoms. The Labute approximate surface area is 208 Å². The average molecular weight is 494 g/mol. The van der Waals surface area contributed by atoms with Crippen molar-refractivity contribution in [2.45, 2.75) is 19.8 Å². The summed E-state index contributed by atoms with van der Waals surface area (Å²) in [5.74, 6) is -1.32. The Morgan fingerprint density at radius 1 is 1.24 bits per heavy atom. The Kier molecular flexibility index (Phi) is 8.58. The molecule has 1 atom stereocenters. The number of nitrogens with one attached hydrogen (secondary N) is 2. The number of amides is 1. The highest BCUT2D eigenvalue weighted by Crippen LogP contribution is 2.41. The molecule has 0 saturated carbocycles. The number of nitriles is 1. The highest BCUT2D eigenvalue weighted by Gasteiger charge is 2.35. The van der Waals surface area contributed by atoms with Gasteiger partial charge in [0.05, 0.1) is 33.9 Å². The standard InChI is InChI=1S/C26H24ClN3O3S/c1-4-13-33-26(32)23-17(3)29-25(19(14-28)24(23)18-9-6-5-7-10-18)34-15-22(31)30-21-12-8-11-20(27)16(21)2/h4-12,24,29H,1,13,15H2,2-3H3,(H,30,31)/t24-/m1/s1. The molecule has 0 aromatic heterocycles. The van der Waals surface area contributed by atoms with Gasteiger partial charge in [0.1, 0.15) is 6.61 Å². The molecule has 0 radical (unpaired) electrons. The van der Waals surface area contributed by atoms with Gasteiger partial charge in [-0.2, -0.15) is 5.26 Å². The molecule has 0 unspecified atom stereocenters. The fraction of sp³-hybridized carbons (Fsp3) is 0.192. The number of esters is 1. The first kappa shape index (κ1) is 25.2. The highest BCUT2D eigenvalue weighted by atomic mass is 35.5. The van der Waals surface area contributed by atoms with E-state index < -0.39 is 11.9 Å². The van der Waals surface area contributed by atoms with Crippen LogP contribution >= 0.6 is 23.4 Å². The molecular weight excluding hydrogens is 470 g/mol. The van der Waals surface area contributed by atoms with Crippen LogP contribution in [0.25, 0.3) is 0 Å². The summed E-state index contributed by atoms with van der Waals surface area (Å²) in [6, 6.07) is 16.8. The first-order chi connectivity index (χ1) is 16.4. The number of dihydropyridines is 1. The van der Waals surface area contributed by atoms with E-state index in [0.717, 1.165) is 11.1 Å². The molecule has 0 saturated heterocycles. The summed E-state index contributed by atoms with van der Waals surface area (Å²) in [6.07, 6.45) is 1.49. The minimum atomic E-state index is -0.620. The SMILES string of the molecule is C=CCOC(=O)C1=C(C)NC(SCC(=O)Nc2cccc(Cl)c2C)=C(C#N)[C@H]1c1ccccc1. The monoisotopic (exact) mass is 493 g/mol. The van der Waals surface area contributed by atoms with Crippen molar-refractivity contribution < 1.29 is 14.3 Å². The van der Waals surface area contributed by atoms with Crippen molar-refractivity contribution in [3.8, 4) is 6.07 Å². The van der Waals surface area contributed by atoms with Crippen LogP contribution < -0.4 is 10.6 Å². The first-order valence-corrected chi connectivity index (χ1v) is 11.9. The number of thioether (sulfide) groups is 1. The lowest BCUT2D eigenvalue weighted by atomic mass is 9.82. The number of ether oxygens (including phenoxy) is 1. The Hall–Kier alpha value is -3.47. The van der Waals surface area contributed by atoms with Crippen LogP contribution in [0.3, 0.4) is 0 Å². The van der Waals surface area contributed by atoms with Crippen molar-refractivity contribution in [3.05, 3.63) is 99.2 Å². The minimum absolute atomic E-state index is 0.0600. The number of carbonyl (C=O) groups excluding carboxylic acids is 2. The molecule has 8 heteroatoms. The van der Waals surface area contributed by atoms with Gasteiger partial charge in [-0.15, -0.1) is 0 Å². The molecule has 6 nitrogen and oxygen atoms in total. The number of rotatable bonds is 8. The van der Waals surface area contributed by atoms with Gasteiger partial charge >= 0.3 is 5.97 Å². The minimum Gasteiger partial charge on any atom is -0.458 e. The van der Waals surface area contributed by atoms with Gasteiger partial charge in [0.25, 0.3) is 0 Å². The van der Waals surface area contributed by atoms with E-state index in [2.05, 4.69) is 23.3 Å². The summed E-state index contributed by atoms with van der Waals surface area (Å²) in [6.45, 7) is 7.23. The van der Waals surface area contributed by atoms with E-state index in [9.17, 15) is 14.9 Å². The van der Waals surface area contributed by atoms with Crippen molar-refractivity contribution in [2.75, 3.05) is 17.7 Å². The second-order valence-corrected chi connectivity index (χ2v) is 8.89. The molecular formula is C26H24ClN3O3S. The van der Waals surface area contributed by atoms with Crippen LogP contribution in [0.1, 0.15) is 24.0 Å². The zero-order chi connectivity index (χ0) is 24.7. The smallest absolute Gasteiger partial charge is 0.337 e. The number of benzene rings is 2. The number of nitrogens with zero attached hydrogens (tertiary/aromatic N) is 1. The molecule has 1 heterocycles. The normalized spacial score (nSPS) is 15.3. The predicted molar refractivity (Wildman–Crippen MR) is 136 cm³/mol. The van der Waals surface area contributed by atoms with E-state index in [1.54, 1.807) is 25.1 Å². The lowest BCUT2D eigenvalue weighted by molar-refractivity contribution is -0.138. The van der Waals surface area contributed by atoms with E-state index >= 15 is 0 Å². The maximum atomic E-state index is 12.9. The van der Waals surface area contributed by atoms with Gasteiger partial charge in [-0.3, -0.25) is 4.79 Å². The van der Waals surface area contributed by atoms with Crippen LogP contribution in [0.5, 0.6) is 0 Å². The molecule has 0 spiro atoms. The molecule has 2 aromatic rings. The van der Waals surface area contributed by atoms with Gasteiger partial charge in [-0.05, 0) is 37.1 Å². The van der Waals surface area contributed by atoms with Crippen molar-refractivity contribution >= 4 is 40.9 Å². The summed E-state index contributed by atoms with van der Waals surface area (Å²) < 4.78 is 5.30. The summed E-state index contributed by atoms with van der Waals surface area (Å²) in [4.78, 5) is 25.5. The van der Waals surface area contributed by atoms with Crippen LogP contribution in [0.2, 0.25) is 5.02 Å². The molecule has 0 fully saturated rings. The van der Waals surface area contributed by atoms with Gasteiger partial charge < -0.3 is 15.4 Å². The molecule has 174 valence electrons. The molecule has 2 N–H and O–H groups in total. The molecule has 0 aliphatic carbocycles. The molecule has 34 heavy (non-hydrogen) atoms. The van der Waals surface area contributed by atoms with E-state index in [1.165, 1.54) is 17.8 Å². The maximum Gasteiger partial charge on any atom is 0.337 e. The van der Waals surface area contributed by atoms with E-state index in [4.69, 9.17) is 16.3 Å². The molecule has 3 rings (SSSR count). The van der Waals surface area contributed by atoms with Crippen LogP contribution in [-0.4, -0.2) is 24.2 Å². The second-order valence-electron chi connectivity index (χ2n) is 7.50. The van der Waals surface area contributed by atoms with Crippen LogP contribution in [0.15, 0.2) is 83.1 Å². The van der Waals surface area contributed by atoms with Crippen LogP contribution in [0, 0.1) is 18.3 Å². The van der Waals surface area contributed by atoms with Crippen LogP contribution in [-0.2, 0) is 14.3 Å². The molecule has 1 aliphatic heterocycles. The number of carbonyl (C=O) groups is 2. The Morgan fingerprint density at radius 2 is 1.97 bits per heavy atom. The van der Waals surface area contributed by atoms with E-state index in [0.29, 0.717) is 32.6 Å². The highest BCUT2D eigenvalue weighted by molar-refractivity contribution is 8.03. The lowest BCUT2D eigenvalue weighted by Gasteiger charge is -2.29. The molecule has 1 amide bonds. The number of anilines is 1. The van der Waals surface area contributed by atoms with Gasteiger partial charge in [-0.1, -0.05) is 72.4 Å². The Balaban J connectivity index is 1.88. The van der Waals surface area contributed by atoms with E-state index in [1.807, 2.05) is 37.3 Å². The van der Waals surface area contributed by atoms with Gasteiger partial charge in [0.2, 0.25) is 5.91 Å². The van der Waals surface area contributed by atoms with Gasteiger partial charge in [0, 0.05) is 16.4 Å². The number of hydrogen-bond donors (Lipinski definition) is 2. The average Bonchev–Trinajstić information content (AvgIpc) is 2.84. The van der Waals surface area contributed by atoms with Gasteiger partial charge in [-0.25, -0.2) is 4.79 Å². The summed E-state index contributed by atoms with van der Waals surface area (Å²) >= 11 is 7.34. The molecule has 1 aliphatic rings. The summed E-state index contributed by atoms with van der Waals surface area (Å²) in [7, 11) is 0. The van der Waals surface area contributed by atoms with Crippen molar-refractivity contribution in [3.63, 3.8) is 0 Å². The fourth-order valence-corrected chi connectivity index (χ4v) is 4.62. The third-order valence-electron chi connectivity index (χ3n) is 5.22. The zero-order valence-electron chi connectivity index (χ0n) is 18.9. The quantitative estimate of drug-likeness (QED) is 0.375. The lowest BCUT2D eigenvalue weighted by Crippen LogP contribution is -2.29. The van der Waals surface area contributed by atoms with Crippen molar-refractivity contribution in [1.82, 2.24) is 5.32 Å². The Bertz CT molecular complexity index is 1220. The number of halogens is 1. The molecule has 2 aromatic carbocycles. The van der Waals surface area contributed by atoms with Crippen LogP contribution in [0.4, 0.5) is 5.69 Å². The number of allylic oxidation sites excluding steroid dienone is 2. The topological polar surface area (TPSA) is 91.2 Å².